The van der Waals surface area contributed by atoms with Gasteiger partial charge in [-0.05, 0) is 23.8 Å². The van der Waals surface area contributed by atoms with Crippen LogP contribution in [0.3, 0.4) is 0 Å². The maximum atomic E-state index is 12.3. The number of ether oxygens (including phenoxy) is 1. The van der Waals surface area contributed by atoms with Crippen LogP contribution in [0.25, 0.3) is 10.4 Å². The number of carbonyl (C=O) groups is 3. The van der Waals surface area contributed by atoms with Gasteiger partial charge in [0.15, 0.2) is 29.6 Å². The molecule has 0 aliphatic heterocycles. The maximum absolute atomic E-state index is 12.3. The standard InChI is InChI=1S/C19H13ClN2O7S/c20-14-15(29-9-13(23)24)17(19(26)27)30-16(14)10-3-1-5-12(7-10)21-18(25)11-4-2-6-22(28)8-11/h1-8H,9H2,(H,21,25)(H,23,24)(H,26,27). The minimum Gasteiger partial charge on any atom is -0.619 e. The number of carboxylic acid groups (broad SMARTS) is 2. The summed E-state index contributed by atoms with van der Waals surface area (Å²) >= 11 is 7.09. The van der Waals surface area contributed by atoms with Crippen molar-refractivity contribution in [1.29, 1.82) is 0 Å². The van der Waals surface area contributed by atoms with Gasteiger partial charge in [-0.3, -0.25) is 4.79 Å². The van der Waals surface area contributed by atoms with E-state index in [-0.39, 0.29) is 21.2 Å². The van der Waals surface area contributed by atoms with Gasteiger partial charge in [0.1, 0.15) is 10.6 Å². The van der Waals surface area contributed by atoms with E-state index >= 15 is 0 Å². The van der Waals surface area contributed by atoms with Crippen molar-refractivity contribution < 1.29 is 34.1 Å². The Morgan fingerprint density at radius 3 is 2.63 bits per heavy atom. The van der Waals surface area contributed by atoms with E-state index in [2.05, 4.69) is 5.32 Å². The maximum Gasteiger partial charge on any atom is 0.349 e. The average molecular weight is 449 g/mol. The van der Waals surface area contributed by atoms with Crippen molar-refractivity contribution in [1.82, 2.24) is 0 Å². The first kappa shape index (κ1) is 21.1. The van der Waals surface area contributed by atoms with Gasteiger partial charge < -0.3 is 25.5 Å². The summed E-state index contributed by atoms with van der Waals surface area (Å²) in [6.45, 7) is -0.747. The molecule has 0 radical (unpaired) electrons. The topological polar surface area (TPSA) is 140 Å². The van der Waals surface area contributed by atoms with E-state index in [1.54, 1.807) is 24.3 Å². The molecule has 3 N–H and O–H groups in total. The molecule has 0 aliphatic rings. The van der Waals surface area contributed by atoms with Crippen LogP contribution >= 0.6 is 22.9 Å². The Balaban J connectivity index is 1.92. The number of nitrogens with one attached hydrogen (secondary N) is 1. The molecule has 0 spiro atoms. The van der Waals surface area contributed by atoms with Crippen LogP contribution in [0.4, 0.5) is 5.69 Å². The van der Waals surface area contributed by atoms with Crippen molar-refractivity contribution in [2.45, 2.75) is 0 Å². The zero-order valence-electron chi connectivity index (χ0n) is 15.0. The highest BCUT2D eigenvalue weighted by molar-refractivity contribution is 7.18. The van der Waals surface area contributed by atoms with Gasteiger partial charge in [0.2, 0.25) is 0 Å². The summed E-state index contributed by atoms with van der Waals surface area (Å²) in [5.41, 5.74) is 1.03. The van der Waals surface area contributed by atoms with Crippen LogP contribution in [0, 0.1) is 5.21 Å². The third-order valence-corrected chi connectivity index (χ3v) is 5.44. The van der Waals surface area contributed by atoms with Crippen molar-refractivity contribution in [2.24, 2.45) is 0 Å². The van der Waals surface area contributed by atoms with E-state index in [0.29, 0.717) is 20.9 Å². The number of rotatable bonds is 7. The largest absolute Gasteiger partial charge is 0.619 e. The normalized spacial score (nSPS) is 10.4. The van der Waals surface area contributed by atoms with Gasteiger partial charge >= 0.3 is 11.9 Å². The number of nitrogens with zero attached hydrogens (tertiary/aromatic N) is 1. The molecule has 3 rings (SSSR count). The fourth-order valence-corrected chi connectivity index (χ4v) is 3.92. The molecule has 11 heteroatoms. The fourth-order valence-electron chi connectivity index (χ4n) is 2.52. The quantitative estimate of drug-likeness (QED) is 0.372. The van der Waals surface area contributed by atoms with Crippen molar-refractivity contribution >= 4 is 46.5 Å². The molecule has 3 aromatic rings. The number of aliphatic carboxylic acids is 1. The lowest BCUT2D eigenvalue weighted by atomic mass is 10.1. The molecule has 1 amide bonds. The predicted molar refractivity (Wildman–Crippen MR) is 108 cm³/mol. The smallest absolute Gasteiger partial charge is 0.349 e. The second-order valence-electron chi connectivity index (χ2n) is 5.88. The Labute approximate surface area is 178 Å². The van der Waals surface area contributed by atoms with Crippen molar-refractivity contribution in [3.8, 4) is 16.2 Å². The number of aromatic nitrogens is 1. The number of benzene rings is 1. The number of hydrogen-bond acceptors (Lipinski definition) is 6. The second-order valence-corrected chi connectivity index (χ2v) is 7.28. The first-order chi connectivity index (χ1) is 14.3. The summed E-state index contributed by atoms with van der Waals surface area (Å²) < 4.78 is 5.56. The third-order valence-electron chi connectivity index (χ3n) is 3.76. The second kappa shape index (κ2) is 8.80. The number of amides is 1. The molecule has 154 valence electrons. The van der Waals surface area contributed by atoms with Crippen LogP contribution in [0.15, 0.2) is 48.8 Å². The lowest BCUT2D eigenvalue weighted by molar-refractivity contribution is -0.605. The lowest BCUT2D eigenvalue weighted by Gasteiger charge is -2.07. The van der Waals surface area contributed by atoms with Gasteiger partial charge in [-0.1, -0.05) is 23.7 Å². The van der Waals surface area contributed by atoms with Gasteiger partial charge in [0.05, 0.1) is 4.88 Å². The van der Waals surface area contributed by atoms with E-state index in [0.717, 1.165) is 17.5 Å². The van der Waals surface area contributed by atoms with Crippen LogP contribution in [-0.2, 0) is 4.79 Å². The molecule has 0 unspecified atom stereocenters. The van der Waals surface area contributed by atoms with E-state index in [4.69, 9.17) is 21.4 Å². The molecule has 30 heavy (non-hydrogen) atoms. The molecule has 2 heterocycles. The Hall–Kier alpha value is -3.63. The number of hydrogen-bond donors (Lipinski definition) is 3. The molecule has 9 nitrogen and oxygen atoms in total. The first-order valence-corrected chi connectivity index (χ1v) is 9.46. The van der Waals surface area contributed by atoms with Gasteiger partial charge in [0.25, 0.3) is 5.91 Å². The van der Waals surface area contributed by atoms with Crippen LogP contribution in [0.5, 0.6) is 5.75 Å². The summed E-state index contributed by atoms with van der Waals surface area (Å²) in [7, 11) is 0. The number of thiophene rings is 1. The van der Waals surface area contributed by atoms with E-state index < -0.39 is 24.5 Å². The molecule has 0 bridgehead atoms. The van der Waals surface area contributed by atoms with Crippen LogP contribution in [0.1, 0.15) is 20.0 Å². The summed E-state index contributed by atoms with van der Waals surface area (Å²) in [6, 6.07) is 9.37. The minimum atomic E-state index is -1.31. The molecule has 0 fully saturated rings. The van der Waals surface area contributed by atoms with Crippen molar-refractivity contribution in [3.05, 3.63) is 69.5 Å². The number of carbonyl (C=O) groups excluding carboxylic acids is 1. The Kier molecular flexibility index (Phi) is 6.19. The highest BCUT2D eigenvalue weighted by atomic mass is 35.5. The number of halogens is 1. The fraction of sp³-hybridized carbons (Fsp3) is 0.0526. The predicted octanol–water partition coefficient (Wildman–Crippen LogP) is 3.12. The highest BCUT2D eigenvalue weighted by Gasteiger charge is 2.25. The number of aromatic carboxylic acids is 1. The number of pyridine rings is 1. The summed E-state index contributed by atoms with van der Waals surface area (Å²) in [6.07, 6.45) is 2.38. The van der Waals surface area contributed by atoms with Crippen LogP contribution in [0.2, 0.25) is 5.02 Å². The Morgan fingerprint density at radius 1 is 1.20 bits per heavy atom. The molecule has 2 aromatic heterocycles. The SMILES string of the molecule is O=C(O)COc1c(C(=O)O)sc(-c2cccc(NC(=O)c3ccc[n+]([O-])c3)c2)c1Cl. The van der Waals surface area contributed by atoms with E-state index in [9.17, 15) is 24.7 Å². The molecule has 0 aliphatic carbocycles. The van der Waals surface area contributed by atoms with Gasteiger partial charge in [-0.2, -0.15) is 4.73 Å². The molecule has 1 aromatic carbocycles. The van der Waals surface area contributed by atoms with Crippen molar-refractivity contribution in [3.63, 3.8) is 0 Å². The molecular weight excluding hydrogens is 436 g/mol. The molecule has 0 saturated carbocycles. The lowest BCUT2D eigenvalue weighted by Crippen LogP contribution is -2.27. The van der Waals surface area contributed by atoms with Gasteiger partial charge in [-0.15, -0.1) is 11.3 Å². The first-order valence-electron chi connectivity index (χ1n) is 8.27. The Morgan fingerprint density at radius 2 is 1.97 bits per heavy atom. The van der Waals surface area contributed by atoms with Crippen LogP contribution < -0.4 is 14.8 Å². The Bertz CT molecular complexity index is 1150. The van der Waals surface area contributed by atoms with Crippen LogP contribution in [-0.4, -0.2) is 34.7 Å². The number of carboxylic acids is 2. The van der Waals surface area contributed by atoms with E-state index in [1.807, 2.05) is 0 Å². The van der Waals surface area contributed by atoms with Crippen molar-refractivity contribution in [2.75, 3.05) is 11.9 Å². The van der Waals surface area contributed by atoms with E-state index in [1.165, 1.54) is 18.3 Å². The summed E-state index contributed by atoms with van der Waals surface area (Å²) in [4.78, 5) is 34.7. The third kappa shape index (κ3) is 4.67. The zero-order valence-corrected chi connectivity index (χ0v) is 16.6. The monoisotopic (exact) mass is 448 g/mol. The molecular formula is C19H13ClN2O7S. The highest BCUT2D eigenvalue weighted by Crippen LogP contribution is 2.45. The van der Waals surface area contributed by atoms with Gasteiger partial charge in [0, 0.05) is 11.8 Å². The molecule has 0 atom stereocenters. The van der Waals surface area contributed by atoms with Gasteiger partial charge in [-0.25, -0.2) is 9.59 Å². The molecule has 0 saturated heterocycles. The minimum absolute atomic E-state index is 0.0439. The number of anilines is 1. The average Bonchev–Trinajstić information content (AvgIpc) is 3.03. The summed E-state index contributed by atoms with van der Waals surface area (Å²) in [5.74, 6) is -3.33. The summed E-state index contributed by atoms with van der Waals surface area (Å²) in [5, 5.41) is 32.1. The zero-order chi connectivity index (χ0) is 21.8.